The van der Waals surface area contributed by atoms with Crippen molar-refractivity contribution in [1.82, 2.24) is 10.6 Å². The van der Waals surface area contributed by atoms with Crippen molar-refractivity contribution in [2.45, 2.75) is 26.7 Å². The molecule has 0 amide bonds. The number of carbonyl (C=O) groups excluding carboxylic acids is 2. The van der Waals surface area contributed by atoms with Gasteiger partial charge in [-0.15, -0.1) is 11.8 Å². The smallest absolute Gasteiger partial charge is 0.336 e. The summed E-state index contributed by atoms with van der Waals surface area (Å²) in [5.41, 5.74) is 2.91. The fraction of sp³-hybridized carbons (Fsp3) is 0.429. The Morgan fingerprint density at radius 2 is 1.83 bits per heavy atom. The third kappa shape index (κ3) is 5.78. The van der Waals surface area contributed by atoms with Gasteiger partial charge in [0.15, 0.2) is 0 Å². The van der Waals surface area contributed by atoms with Crippen LogP contribution in [0.5, 0.6) is 0 Å². The number of hydrogen-bond acceptors (Lipinski definition) is 7. The Morgan fingerprint density at radius 1 is 1.17 bits per heavy atom. The lowest BCUT2D eigenvalue weighted by molar-refractivity contribution is -0.139. The molecule has 1 aromatic carbocycles. The molecule has 1 aliphatic rings. The van der Waals surface area contributed by atoms with Gasteiger partial charge in [0.25, 0.3) is 0 Å². The van der Waals surface area contributed by atoms with Crippen molar-refractivity contribution < 1.29 is 19.1 Å². The van der Waals surface area contributed by atoms with E-state index in [4.69, 9.17) is 21.1 Å². The van der Waals surface area contributed by atoms with Crippen LogP contribution in [0.2, 0.25) is 5.02 Å². The van der Waals surface area contributed by atoms with E-state index in [0.29, 0.717) is 27.6 Å². The number of dihydropyridines is 1. The fourth-order valence-electron chi connectivity index (χ4n) is 3.21. The number of ether oxygens (including phenoxy) is 2. The summed E-state index contributed by atoms with van der Waals surface area (Å²) in [4.78, 5) is 25.8. The SMILES string of the molecule is CCOC(=O)C1=C(C)NC(CSCNC)=C(C(=O)OCC)C1c1cccc(Cl)c1. The first kappa shape index (κ1) is 23.3. The van der Waals surface area contributed by atoms with Gasteiger partial charge in [-0.1, -0.05) is 23.7 Å². The Hall–Kier alpha value is -1.96. The quantitative estimate of drug-likeness (QED) is 0.346. The van der Waals surface area contributed by atoms with Crippen LogP contribution in [0.1, 0.15) is 32.3 Å². The highest BCUT2D eigenvalue weighted by Crippen LogP contribution is 2.40. The molecule has 158 valence electrons. The summed E-state index contributed by atoms with van der Waals surface area (Å²) in [7, 11) is 1.86. The van der Waals surface area contributed by atoms with Gasteiger partial charge in [-0.25, -0.2) is 9.59 Å². The summed E-state index contributed by atoms with van der Waals surface area (Å²) in [6.45, 7) is 5.79. The lowest BCUT2D eigenvalue weighted by atomic mass is 9.80. The fourth-order valence-corrected chi connectivity index (χ4v) is 4.15. The van der Waals surface area contributed by atoms with Crippen molar-refractivity contribution in [2.75, 3.05) is 31.9 Å². The van der Waals surface area contributed by atoms with E-state index in [-0.39, 0.29) is 13.2 Å². The number of benzene rings is 1. The van der Waals surface area contributed by atoms with E-state index in [1.54, 1.807) is 43.8 Å². The van der Waals surface area contributed by atoms with E-state index < -0.39 is 17.9 Å². The first-order valence-corrected chi connectivity index (χ1v) is 11.0. The van der Waals surface area contributed by atoms with Gasteiger partial charge in [0.05, 0.1) is 30.3 Å². The van der Waals surface area contributed by atoms with E-state index in [2.05, 4.69) is 10.6 Å². The van der Waals surface area contributed by atoms with Crippen LogP contribution in [-0.2, 0) is 19.1 Å². The summed E-state index contributed by atoms with van der Waals surface area (Å²) in [5, 5.41) is 6.84. The van der Waals surface area contributed by atoms with Gasteiger partial charge in [0.1, 0.15) is 0 Å². The number of allylic oxidation sites excluding steroid dienone is 1. The molecule has 0 saturated carbocycles. The van der Waals surface area contributed by atoms with Gasteiger partial charge >= 0.3 is 11.9 Å². The van der Waals surface area contributed by atoms with Gasteiger partial charge < -0.3 is 20.1 Å². The summed E-state index contributed by atoms with van der Waals surface area (Å²) in [5.74, 6) is -0.278. The number of carbonyl (C=O) groups is 2. The molecule has 1 atom stereocenters. The third-order valence-electron chi connectivity index (χ3n) is 4.31. The van der Waals surface area contributed by atoms with Gasteiger partial charge in [0, 0.05) is 28.0 Å². The molecule has 1 aromatic rings. The number of thioether (sulfide) groups is 1. The molecule has 0 fully saturated rings. The molecule has 6 nitrogen and oxygen atoms in total. The molecule has 0 bridgehead atoms. The van der Waals surface area contributed by atoms with Crippen molar-refractivity contribution in [3.63, 3.8) is 0 Å². The third-order valence-corrected chi connectivity index (χ3v) is 5.53. The Balaban J connectivity index is 2.64. The summed E-state index contributed by atoms with van der Waals surface area (Å²) in [6, 6.07) is 7.17. The van der Waals surface area contributed by atoms with E-state index in [1.807, 2.05) is 20.0 Å². The van der Waals surface area contributed by atoms with Crippen molar-refractivity contribution in [3.05, 3.63) is 57.4 Å². The second-order valence-electron chi connectivity index (χ2n) is 6.33. The lowest BCUT2D eigenvalue weighted by Crippen LogP contribution is -2.34. The van der Waals surface area contributed by atoms with Crippen molar-refractivity contribution in [3.8, 4) is 0 Å². The van der Waals surface area contributed by atoms with Gasteiger partial charge in [-0.3, -0.25) is 0 Å². The average Bonchev–Trinajstić information content (AvgIpc) is 2.67. The zero-order valence-electron chi connectivity index (χ0n) is 17.1. The Kier molecular flexibility index (Phi) is 9.07. The highest BCUT2D eigenvalue weighted by atomic mass is 35.5. The predicted octanol–water partition coefficient (Wildman–Crippen LogP) is 3.59. The van der Waals surface area contributed by atoms with E-state index in [0.717, 1.165) is 17.1 Å². The van der Waals surface area contributed by atoms with Crippen LogP contribution in [-0.4, -0.2) is 43.8 Å². The standard InChI is InChI=1S/C21H27ClN2O4S/c1-5-27-20(25)17-13(3)24-16(11-29-12-23-4)19(21(26)28-6-2)18(17)14-8-7-9-15(22)10-14/h7-10,18,23-24H,5-6,11-12H2,1-4H3. The van der Waals surface area contributed by atoms with Crippen LogP contribution in [0.15, 0.2) is 46.8 Å². The molecular formula is C21H27ClN2O4S. The van der Waals surface area contributed by atoms with Crippen molar-refractivity contribution in [2.24, 2.45) is 0 Å². The predicted molar refractivity (Wildman–Crippen MR) is 117 cm³/mol. The van der Waals surface area contributed by atoms with E-state index >= 15 is 0 Å². The van der Waals surface area contributed by atoms with Gasteiger partial charge in [0.2, 0.25) is 0 Å². The average molecular weight is 439 g/mol. The van der Waals surface area contributed by atoms with Crippen LogP contribution in [0.4, 0.5) is 0 Å². The molecule has 0 spiro atoms. The minimum atomic E-state index is -0.627. The van der Waals surface area contributed by atoms with Crippen molar-refractivity contribution in [1.29, 1.82) is 0 Å². The number of hydrogen-bond donors (Lipinski definition) is 2. The Labute approximate surface area is 181 Å². The lowest BCUT2D eigenvalue weighted by Gasteiger charge is -2.31. The Bertz CT molecular complexity index is 823. The topological polar surface area (TPSA) is 76.7 Å². The molecule has 8 heteroatoms. The highest BCUT2D eigenvalue weighted by Gasteiger charge is 2.38. The van der Waals surface area contributed by atoms with Crippen LogP contribution in [0, 0.1) is 0 Å². The van der Waals surface area contributed by atoms with Crippen LogP contribution < -0.4 is 10.6 Å². The van der Waals surface area contributed by atoms with E-state index in [9.17, 15) is 9.59 Å². The molecule has 1 aliphatic heterocycles. The number of halogens is 1. The first-order chi connectivity index (χ1) is 13.9. The summed E-state index contributed by atoms with van der Waals surface area (Å²) in [6.07, 6.45) is 0. The molecule has 0 radical (unpaired) electrons. The second-order valence-corrected chi connectivity index (χ2v) is 7.75. The summed E-state index contributed by atoms with van der Waals surface area (Å²) < 4.78 is 10.6. The second kappa shape index (κ2) is 11.3. The molecule has 0 aromatic heterocycles. The first-order valence-electron chi connectivity index (χ1n) is 9.47. The van der Waals surface area contributed by atoms with Gasteiger partial charge in [-0.05, 0) is 45.5 Å². The maximum atomic E-state index is 13.0. The normalized spacial score (nSPS) is 16.5. The molecule has 0 aliphatic carbocycles. The molecular weight excluding hydrogens is 412 g/mol. The highest BCUT2D eigenvalue weighted by molar-refractivity contribution is 7.99. The molecule has 1 unspecified atom stereocenters. The Morgan fingerprint density at radius 3 is 2.41 bits per heavy atom. The minimum absolute atomic E-state index is 0.235. The zero-order valence-corrected chi connectivity index (χ0v) is 18.7. The maximum Gasteiger partial charge on any atom is 0.336 e. The minimum Gasteiger partial charge on any atom is -0.463 e. The number of nitrogens with one attached hydrogen (secondary N) is 2. The maximum absolute atomic E-state index is 13.0. The molecule has 2 N–H and O–H groups in total. The number of rotatable bonds is 9. The van der Waals surface area contributed by atoms with Crippen molar-refractivity contribution >= 4 is 35.3 Å². The van der Waals surface area contributed by atoms with Crippen LogP contribution in [0.3, 0.4) is 0 Å². The van der Waals surface area contributed by atoms with Crippen LogP contribution >= 0.6 is 23.4 Å². The molecule has 2 rings (SSSR count). The zero-order chi connectivity index (χ0) is 21.4. The summed E-state index contributed by atoms with van der Waals surface area (Å²) >= 11 is 7.84. The molecule has 29 heavy (non-hydrogen) atoms. The molecule has 1 heterocycles. The monoisotopic (exact) mass is 438 g/mol. The molecule has 0 saturated heterocycles. The number of esters is 2. The largest absolute Gasteiger partial charge is 0.463 e. The van der Waals surface area contributed by atoms with Gasteiger partial charge in [-0.2, -0.15) is 0 Å². The van der Waals surface area contributed by atoms with Crippen LogP contribution in [0.25, 0.3) is 0 Å². The van der Waals surface area contributed by atoms with E-state index in [1.165, 1.54) is 0 Å².